The number of carbonyl (C=O) groups excluding carboxylic acids is 2. The molecular weight excluding hydrogens is 604 g/mol. The van der Waals surface area contributed by atoms with E-state index in [1.807, 2.05) is 51.1 Å². The van der Waals surface area contributed by atoms with Gasteiger partial charge in [-0.15, -0.1) is 0 Å². The molecule has 4 N–H and O–H groups in total. The molecule has 2 aromatic rings. The summed E-state index contributed by atoms with van der Waals surface area (Å²) in [7, 11) is -3.71. The molecule has 0 radical (unpaired) electrons. The van der Waals surface area contributed by atoms with Crippen LogP contribution in [0.3, 0.4) is 0 Å². The van der Waals surface area contributed by atoms with E-state index in [2.05, 4.69) is 20.9 Å². The summed E-state index contributed by atoms with van der Waals surface area (Å²) in [6.07, 6.45) is 7.20. The Labute approximate surface area is 275 Å². The number of rotatable bonds is 12. The molecule has 2 fully saturated rings. The molecule has 2 heterocycles. The number of piperidine rings is 1. The maximum Gasteiger partial charge on any atom is 0.244 e. The monoisotopic (exact) mass is 658 g/mol. The van der Waals surface area contributed by atoms with E-state index in [1.165, 1.54) is 33.0 Å². The van der Waals surface area contributed by atoms with Crippen molar-refractivity contribution >= 4 is 27.3 Å². The van der Waals surface area contributed by atoms with Gasteiger partial charge in [-0.05, 0) is 84.3 Å². The van der Waals surface area contributed by atoms with E-state index >= 15 is 0 Å². The third-order valence-electron chi connectivity index (χ3n) is 9.89. The number of β-amino-alcohol motifs (C(OH)–C–C–N with tert-alkyl or cyclic N) is 1. The van der Waals surface area contributed by atoms with E-state index in [4.69, 9.17) is 4.42 Å². The number of hydrogen-bond acceptors (Lipinski definition) is 8. The second kappa shape index (κ2) is 14.5. The van der Waals surface area contributed by atoms with Crippen LogP contribution in [0.15, 0.2) is 47.1 Å². The summed E-state index contributed by atoms with van der Waals surface area (Å²) in [4.78, 5) is 29.8. The third kappa shape index (κ3) is 8.92. The zero-order chi connectivity index (χ0) is 33.9. The number of nitrogens with one attached hydrogen (secondary N) is 3. The molecule has 256 valence electrons. The van der Waals surface area contributed by atoms with Crippen LogP contribution in [0, 0.1) is 18.8 Å². The summed E-state index contributed by atoms with van der Waals surface area (Å²) < 4.78 is 29.8. The lowest BCUT2D eigenvalue weighted by Crippen LogP contribution is -2.62. The van der Waals surface area contributed by atoms with Gasteiger partial charge >= 0.3 is 0 Å². The molecule has 1 saturated heterocycles. The van der Waals surface area contributed by atoms with E-state index < -0.39 is 44.2 Å². The number of fused-ring (bicyclic) bond motifs is 1. The van der Waals surface area contributed by atoms with Crippen LogP contribution in [-0.2, 0) is 25.8 Å². The predicted octanol–water partition coefficient (Wildman–Crippen LogP) is 4.08. The molecule has 1 aromatic carbocycles. The van der Waals surface area contributed by atoms with Gasteiger partial charge in [-0.25, -0.2) is 8.42 Å². The van der Waals surface area contributed by atoms with Gasteiger partial charge in [-0.3, -0.25) is 14.5 Å². The topological polar surface area (TPSA) is 141 Å². The first-order chi connectivity index (χ1) is 21.5. The van der Waals surface area contributed by atoms with E-state index in [0.717, 1.165) is 31.1 Å². The number of furan rings is 1. The summed E-state index contributed by atoms with van der Waals surface area (Å²) in [6, 6.07) is 8.91. The number of sulfone groups is 1. The van der Waals surface area contributed by atoms with Crippen molar-refractivity contribution in [3.05, 3.63) is 54.0 Å². The van der Waals surface area contributed by atoms with Crippen molar-refractivity contribution < 1.29 is 27.5 Å². The number of amides is 2. The Kier molecular flexibility index (Phi) is 11.3. The molecule has 6 atom stereocenters. The van der Waals surface area contributed by atoms with Gasteiger partial charge in [0, 0.05) is 24.9 Å². The van der Waals surface area contributed by atoms with Gasteiger partial charge in [0.25, 0.3) is 0 Å². The van der Waals surface area contributed by atoms with Crippen LogP contribution in [0.5, 0.6) is 0 Å². The normalized spacial score (nSPS) is 23.1. The van der Waals surface area contributed by atoms with Crippen LogP contribution in [0.1, 0.15) is 78.0 Å². The lowest BCUT2D eigenvalue weighted by atomic mass is 9.72. The number of anilines is 1. The number of aryl methyl sites for hydroxylation is 1. The predicted molar refractivity (Wildman–Crippen MR) is 181 cm³/mol. The van der Waals surface area contributed by atoms with Crippen LogP contribution >= 0.6 is 0 Å². The van der Waals surface area contributed by atoms with Crippen molar-refractivity contribution in [3.8, 4) is 0 Å². The second-order valence-electron chi connectivity index (χ2n) is 15.0. The van der Waals surface area contributed by atoms with E-state index in [9.17, 15) is 23.1 Å². The van der Waals surface area contributed by atoms with Crippen molar-refractivity contribution in [3.63, 3.8) is 0 Å². The number of nitrogens with zero attached hydrogens (tertiary/aromatic N) is 1. The standard InChI is InChI=1S/C35H54N4O6S/c1-23-27(17-18-45-23)36-31(35(5,6)46(7,43)44)33(42)37-28(19-24-13-9-8-10-14-24)30(40)22-39-21-26-16-12-11-15-25(26)20-29(39)32(41)38-34(2,3)4/h8-10,13-14,17-18,25-26,28-31,36,40H,11-12,15-16,19-22H2,1-7H3,(H,37,42)(H,38,41)/t25-,26+,28?,29?,30?,31+/m0/s1. The first-order valence-corrected chi connectivity index (χ1v) is 18.4. The fourth-order valence-electron chi connectivity index (χ4n) is 6.87. The van der Waals surface area contributed by atoms with Crippen LogP contribution in [0.4, 0.5) is 5.69 Å². The van der Waals surface area contributed by atoms with Crippen LogP contribution in [-0.4, -0.2) is 84.1 Å². The summed E-state index contributed by atoms with van der Waals surface area (Å²) in [5.41, 5.74) is 1.04. The minimum Gasteiger partial charge on any atom is -0.467 e. The molecule has 0 spiro atoms. The number of hydrogen-bond donors (Lipinski definition) is 4. The fourth-order valence-corrected chi connectivity index (χ4v) is 7.47. The van der Waals surface area contributed by atoms with Crippen LogP contribution in [0.25, 0.3) is 0 Å². The van der Waals surface area contributed by atoms with Gasteiger partial charge in [-0.2, -0.15) is 0 Å². The molecule has 4 rings (SSSR count). The van der Waals surface area contributed by atoms with Crippen LogP contribution < -0.4 is 16.0 Å². The van der Waals surface area contributed by atoms with Crippen LogP contribution in [0.2, 0.25) is 0 Å². The van der Waals surface area contributed by atoms with Gasteiger partial charge in [0.05, 0.1) is 34.9 Å². The highest BCUT2D eigenvalue weighted by Crippen LogP contribution is 2.39. The SMILES string of the molecule is Cc1occc1N[C@H](C(=O)NC(Cc1ccccc1)C(O)CN1C[C@H]2CCCC[C@H]2CC1C(=O)NC(C)(C)C)C(C)(C)S(C)(=O)=O. The van der Waals surface area contributed by atoms with Crippen molar-refractivity contribution in [1.29, 1.82) is 0 Å². The molecule has 10 nitrogen and oxygen atoms in total. The zero-order valence-corrected chi connectivity index (χ0v) is 29.3. The minimum absolute atomic E-state index is 0.0398. The molecule has 46 heavy (non-hydrogen) atoms. The van der Waals surface area contributed by atoms with Gasteiger partial charge in [0.15, 0.2) is 9.84 Å². The fraction of sp³-hybridized carbons (Fsp3) is 0.657. The summed E-state index contributed by atoms with van der Waals surface area (Å²) in [5, 5.41) is 21.2. The quantitative estimate of drug-likeness (QED) is 0.268. The largest absolute Gasteiger partial charge is 0.467 e. The molecule has 1 saturated carbocycles. The molecule has 0 bridgehead atoms. The molecule has 2 amide bonds. The Morgan fingerprint density at radius 2 is 1.70 bits per heavy atom. The number of aliphatic hydroxyl groups is 1. The Bertz CT molecular complexity index is 1430. The zero-order valence-electron chi connectivity index (χ0n) is 28.5. The molecule has 2 aliphatic rings. The summed E-state index contributed by atoms with van der Waals surface area (Å²) >= 11 is 0. The van der Waals surface area contributed by atoms with Crippen molar-refractivity contribution in [2.75, 3.05) is 24.7 Å². The molecule has 3 unspecified atom stereocenters. The summed E-state index contributed by atoms with van der Waals surface area (Å²) in [6.45, 7) is 11.6. The van der Waals surface area contributed by atoms with E-state index in [1.54, 1.807) is 13.0 Å². The third-order valence-corrected chi connectivity index (χ3v) is 12.0. The number of carbonyl (C=O) groups is 2. The molecular formula is C35H54N4O6S. The molecule has 1 aliphatic heterocycles. The van der Waals surface area contributed by atoms with E-state index in [0.29, 0.717) is 36.2 Å². The Hall–Kier alpha value is -2.89. The Morgan fingerprint density at radius 1 is 1.04 bits per heavy atom. The van der Waals surface area contributed by atoms with Gasteiger partial charge in [0.2, 0.25) is 11.8 Å². The minimum atomic E-state index is -3.71. The molecule has 1 aliphatic carbocycles. The molecule has 1 aromatic heterocycles. The Morgan fingerprint density at radius 3 is 2.28 bits per heavy atom. The maximum absolute atomic E-state index is 14.1. The highest BCUT2D eigenvalue weighted by atomic mass is 32.2. The summed E-state index contributed by atoms with van der Waals surface area (Å²) in [5.74, 6) is 0.873. The van der Waals surface area contributed by atoms with Gasteiger partial charge in [0.1, 0.15) is 11.8 Å². The average Bonchev–Trinajstić information content (AvgIpc) is 3.38. The van der Waals surface area contributed by atoms with Crippen molar-refractivity contribution in [2.45, 2.75) is 115 Å². The van der Waals surface area contributed by atoms with Crippen molar-refractivity contribution in [1.82, 2.24) is 15.5 Å². The highest BCUT2D eigenvalue weighted by Gasteiger charge is 2.46. The first kappa shape index (κ1) is 36.0. The average molecular weight is 659 g/mol. The Balaban J connectivity index is 1.62. The number of aliphatic hydroxyl groups excluding tert-OH is 1. The second-order valence-corrected chi connectivity index (χ2v) is 17.6. The lowest BCUT2D eigenvalue weighted by molar-refractivity contribution is -0.133. The number of benzene rings is 1. The highest BCUT2D eigenvalue weighted by molar-refractivity contribution is 7.92. The molecule has 11 heteroatoms. The van der Waals surface area contributed by atoms with Gasteiger partial charge in [-0.1, -0.05) is 49.6 Å². The van der Waals surface area contributed by atoms with Crippen molar-refractivity contribution in [2.24, 2.45) is 11.8 Å². The lowest BCUT2D eigenvalue weighted by Gasteiger charge is -2.47. The smallest absolute Gasteiger partial charge is 0.244 e. The maximum atomic E-state index is 14.1. The first-order valence-electron chi connectivity index (χ1n) is 16.5. The van der Waals surface area contributed by atoms with Gasteiger partial charge < -0.3 is 25.5 Å². The number of likely N-dealkylation sites (tertiary alicyclic amines) is 1. The van der Waals surface area contributed by atoms with E-state index in [-0.39, 0.29) is 18.5 Å².